The van der Waals surface area contributed by atoms with Crippen LogP contribution >= 0.6 is 11.8 Å². The summed E-state index contributed by atoms with van der Waals surface area (Å²) in [6.45, 7) is 1.98. The molecule has 1 aliphatic carbocycles. The Hall–Kier alpha value is -2.08. The maximum absolute atomic E-state index is 12.0. The minimum Gasteiger partial charge on any atom is -0.325 e. The molecule has 0 fully saturated rings. The van der Waals surface area contributed by atoms with Gasteiger partial charge in [-0.05, 0) is 43.9 Å². The number of aromatic amines is 1. The SMILES string of the molecule is Cc1cccc(NC(=O)CSc2nc(=O)[nH]c3c2CCC3)c1. The number of aryl methyl sites for hydroxylation is 2. The Morgan fingerprint density at radius 3 is 3.09 bits per heavy atom. The van der Waals surface area contributed by atoms with Gasteiger partial charge in [-0.1, -0.05) is 23.9 Å². The highest BCUT2D eigenvalue weighted by Crippen LogP contribution is 2.27. The minimum atomic E-state index is -0.331. The predicted molar refractivity (Wildman–Crippen MR) is 87.4 cm³/mol. The van der Waals surface area contributed by atoms with Crippen LogP contribution in [0.1, 0.15) is 23.2 Å². The number of H-pyrrole nitrogens is 1. The van der Waals surface area contributed by atoms with Crippen LogP contribution in [0, 0.1) is 6.92 Å². The van der Waals surface area contributed by atoms with E-state index in [1.165, 1.54) is 11.8 Å². The summed E-state index contributed by atoms with van der Waals surface area (Å²) in [6, 6.07) is 7.67. The topological polar surface area (TPSA) is 74.8 Å². The maximum atomic E-state index is 12.0. The third-order valence-electron chi connectivity index (χ3n) is 3.58. The zero-order valence-electron chi connectivity index (χ0n) is 12.3. The molecule has 0 aliphatic heterocycles. The van der Waals surface area contributed by atoms with Crippen molar-refractivity contribution in [3.8, 4) is 0 Å². The van der Waals surface area contributed by atoms with Crippen LogP contribution in [0.4, 0.5) is 5.69 Å². The van der Waals surface area contributed by atoms with E-state index in [2.05, 4.69) is 15.3 Å². The van der Waals surface area contributed by atoms with Gasteiger partial charge in [0.25, 0.3) is 0 Å². The van der Waals surface area contributed by atoms with Crippen molar-refractivity contribution in [2.45, 2.75) is 31.2 Å². The van der Waals surface area contributed by atoms with Crippen molar-refractivity contribution in [1.29, 1.82) is 0 Å². The fraction of sp³-hybridized carbons (Fsp3) is 0.312. The number of amides is 1. The van der Waals surface area contributed by atoms with Gasteiger partial charge in [0.1, 0.15) is 5.03 Å². The fourth-order valence-corrected chi connectivity index (χ4v) is 3.49. The Labute approximate surface area is 132 Å². The second kappa shape index (κ2) is 6.36. The molecule has 114 valence electrons. The molecule has 1 amide bonds. The van der Waals surface area contributed by atoms with Gasteiger partial charge in [0.05, 0.1) is 5.75 Å². The molecule has 1 aromatic carbocycles. The lowest BCUT2D eigenvalue weighted by Crippen LogP contribution is -2.17. The number of nitrogens with one attached hydrogen (secondary N) is 2. The Kier molecular flexibility index (Phi) is 4.29. The van der Waals surface area contributed by atoms with Crippen LogP contribution in [0.5, 0.6) is 0 Å². The van der Waals surface area contributed by atoms with E-state index in [9.17, 15) is 9.59 Å². The van der Waals surface area contributed by atoms with E-state index in [1.807, 2.05) is 31.2 Å². The zero-order valence-corrected chi connectivity index (χ0v) is 13.1. The van der Waals surface area contributed by atoms with Gasteiger partial charge in [0.15, 0.2) is 0 Å². The van der Waals surface area contributed by atoms with E-state index in [4.69, 9.17) is 0 Å². The van der Waals surface area contributed by atoms with Gasteiger partial charge in [-0.2, -0.15) is 4.98 Å². The molecule has 0 radical (unpaired) electrons. The van der Waals surface area contributed by atoms with E-state index in [0.717, 1.165) is 41.8 Å². The number of rotatable bonds is 4. The Bertz CT molecular complexity index is 770. The van der Waals surface area contributed by atoms with Crippen molar-refractivity contribution in [2.24, 2.45) is 0 Å². The Balaban J connectivity index is 1.66. The molecule has 1 aliphatic rings. The molecule has 1 heterocycles. The fourth-order valence-electron chi connectivity index (χ4n) is 2.61. The number of carbonyl (C=O) groups is 1. The molecule has 0 bridgehead atoms. The lowest BCUT2D eigenvalue weighted by atomic mass is 10.2. The first-order chi connectivity index (χ1) is 10.6. The monoisotopic (exact) mass is 315 g/mol. The van der Waals surface area contributed by atoms with E-state index < -0.39 is 0 Å². The molecule has 0 unspecified atom stereocenters. The van der Waals surface area contributed by atoms with Crippen LogP contribution in [-0.4, -0.2) is 21.6 Å². The van der Waals surface area contributed by atoms with Crippen LogP contribution in [0.25, 0.3) is 0 Å². The van der Waals surface area contributed by atoms with Crippen molar-refractivity contribution in [3.05, 3.63) is 51.6 Å². The molecule has 0 atom stereocenters. The Morgan fingerprint density at radius 2 is 2.27 bits per heavy atom. The summed E-state index contributed by atoms with van der Waals surface area (Å²) in [7, 11) is 0. The molecule has 6 heteroatoms. The summed E-state index contributed by atoms with van der Waals surface area (Å²) < 4.78 is 0. The van der Waals surface area contributed by atoms with Crippen molar-refractivity contribution in [3.63, 3.8) is 0 Å². The molecule has 0 spiro atoms. The number of carbonyl (C=O) groups excluding carboxylic acids is 1. The molecule has 2 aromatic rings. The second-order valence-electron chi connectivity index (χ2n) is 5.36. The van der Waals surface area contributed by atoms with Gasteiger partial charge in [-0.15, -0.1) is 0 Å². The molecule has 22 heavy (non-hydrogen) atoms. The van der Waals surface area contributed by atoms with Crippen LogP contribution in [-0.2, 0) is 17.6 Å². The first-order valence-electron chi connectivity index (χ1n) is 7.23. The van der Waals surface area contributed by atoms with Crippen LogP contribution < -0.4 is 11.0 Å². The van der Waals surface area contributed by atoms with Crippen molar-refractivity contribution < 1.29 is 4.79 Å². The smallest absolute Gasteiger partial charge is 0.325 e. The van der Waals surface area contributed by atoms with Gasteiger partial charge in [-0.25, -0.2) is 4.79 Å². The predicted octanol–water partition coefficient (Wildman–Crippen LogP) is 2.30. The molecule has 1 aromatic heterocycles. The van der Waals surface area contributed by atoms with E-state index >= 15 is 0 Å². The number of fused-ring (bicyclic) bond motifs is 1. The van der Waals surface area contributed by atoms with E-state index in [-0.39, 0.29) is 17.3 Å². The number of thioether (sulfide) groups is 1. The highest BCUT2D eigenvalue weighted by Gasteiger charge is 2.18. The third kappa shape index (κ3) is 3.39. The summed E-state index contributed by atoms with van der Waals surface area (Å²) >= 11 is 1.33. The summed E-state index contributed by atoms with van der Waals surface area (Å²) in [4.78, 5) is 30.4. The largest absolute Gasteiger partial charge is 0.346 e. The van der Waals surface area contributed by atoms with Crippen molar-refractivity contribution >= 4 is 23.4 Å². The van der Waals surface area contributed by atoms with E-state index in [1.54, 1.807) is 0 Å². The number of aromatic nitrogens is 2. The summed E-state index contributed by atoms with van der Waals surface area (Å²) in [5.74, 6) is 0.154. The summed E-state index contributed by atoms with van der Waals surface area (Å²) in [5.41, 5.74) is 3.62. The average Bonchev–Trinajstić information content (AvgIpc) is 2.93. The van der Waals surface area contributed by atoms with E-state index in [0.29, 0.717) is 5.03 Å². The quantitative estimate of drug-likeness (QED) is 0.670. The lowest BCUT2D eigenvalue weighted by Gasteiger charge is -2.08. The Morgan fingerprint density at radius 1 is 1.41 bits per heavy atom. The van der Waals surface area contributed by atoms with Gasteiger partial charge < -0.3 is 10.3 Å². The highest BCUT2D eigenvalue weighted by molar-refractivity contribution is 8.00. The standard InChI is InChI=1S/C16H17N3O2S/c1-10-4-2-5-11(8-10)17-14(20)9-22-15-12-6-3-7-13(12)18-16(21)19-15/h2,4-5,8H,3,6-7,9H2,1H3,(H,17,20)(H,18,19,21). The van der Waals surface area contributed by atoms with Crippen LogP contribution in [0.3, 0.4) is 0 Å². The number of hydrogen-bond acceptors (Lipinski definition) is 4. The summed E-state index contributed by atoms with van der Waals surface area (Å²) in [6.07, 6.45) is 2.83. The molecular formula is C16H17N3O2S. The highest BCUT2D eigenvalue weighted by atomic mass is 32.2. The maximum Gasteiger partial charge on any atom is 0.346 e. The zero-order chi connectivity index (χ0) is 15.5. The first-order valence-corrected chi connectivity index (χ1v) is 8.22. The molecule has 0 saturated carbocycles. The minimum absolute atomic E-state index is 0.0931. The summed E-state index contributed by atoms with van der Waals surface area (Å²) in [5, 5.41) is 3.55. The third-order valence-corrected chi connectivity index (χ3v) is 4.60. The average molecular weight is 315 g/mol. The normalized spacial score (nSPS) is 13.0. The molecule has 3 rings (SSSR count). The number of hydrogen-bond donors (Lipinski definition) is 2. The van der Waals surface area contributed by atoms with Crippen LogP contribution in [0.2, 0.25) is 0 Å². The number of nitrogens with zero attached hydrogens (tertiary/aromatic N) is 1. The number of anilines is 1. The van der Waals surface area contributed by atoms with Crippen LogP contribution in [0.15, 0.2) is 34.1 Å². The molecular weight excluding hydrogens is 298 g/mol. The first kappa shape index (κ1) is 14.8. The van der Waals surface area contributed by atoms with Crippen molar-refractivity contribution in [2.75, 3.05) is 11.1 Å². The molecule has 0 saturated heterocycles. The van der Waals surface area contributed by atoms with Gasteiger partial charge >= 0.3 is 5.69 Å². The molecule has 5 nitrogen and oxygen atoms in total. The number of benzene rings is 1. The lowest BCUT2D eigenvalue weighted by molar-refractivity contribution is -0.113. The van der Waals surface area contributed by atoms with Gasteiger partial charge in [0.2, 0.25) is 5.91 Å². The second-order valence-corrected chi connectivity index (χ2v) is 6.33. The van der Waals surface area contributed by atoms with Gasteiger partial charge in [-0.3, -0.25) is 4.79 Å². The van der Waals surface area contributed by atoms with Crippen molar-refractivity contribution in [1.82, 2.24) is 9.97 Å². The van der Waals surface area contributed by atoms with Gasteiger partial charge in [0, 0.05) is 16.9 Å². The molecule has 2 N–H and O–H groups in total.